The van der Waals surface area contributed by atoms with Crippen molar-refractivity contribution in [3.8, 4) is 0 Å². The Labute approximate surface area is 134 Å². The van der Waals surface area contributed by atoms with Gasteiger partial charge in [0.2, 0.25) is 5.13 Å². The zero-order valence-corrected chi connectivity index (χ0v) is 14.1. The average Bonchev–Trinajstić information content (AvgIpc) is 2.92. The fourth-order valence-electron chi connectivity index (χ4n) is 1.54. The lowest BCUT2D eigenvalue weighted by Crippen LogP contribution is -1.99. The lowest BCUT2D eigenvalue weighted by atomic mass is 10.1. The summed E-state index contributed by atoms with van der Waals surface area (Å²) in [5, 5.41) is 11.8. The first-order valence-corrected chi connectivity index (χ1v) is 8.71. The molecule has 2 rings (SSSR count). The predicted octanol–water partition coefficient (Wildman–Crippen LogP) is 4.10. The van der Waals surface area contributed by atoms with Crippen LogP contribution in [0.2, 0.25) is 0 Å². The molecule has 0 spiro atoms. The van der Waals surface area contributed by atoms with Crippen molar-refractivity contribution >= 4 is 49.9 Å². The summed E-state index contributed by atoms with van der Waals surface area (Å²) in [6.07, 6.45) is 1.40. The van der Waals surface area contributed by atoms with Gasteiger partial charge in [-0.25, -0.2) is 0 Å². The molecule has 4 nitrogen and oxygen atoms in total. The predicted molar refractivity (Wildman–Crippen MR) is 87.9 cm³/mol. The summed E-state index contributed by atoms with van der Waals surface area (Å²) in [4.78, 5) is 12.0. The SMILES string of the molecule is CNc1nnc(SCCCC(=O)c2ccc(Br)cc2)s1. The van der Waals surface area contributed by atoms with E-state index < -0.39 is 0 Å². The molecule has 0 saturated carbocycles. The molecule has 1 aromatic heterocycles. The van der Waals surface area contributed by atoms with E-state index in [2.05, 4.69) is 31.4 Å². The van der Waals surface area contributed by atoms with E-state index in [0.29, 0.717) is 6.42 Å². The Morgan fingerprint density at radius 3 is 2.75 bits per heavy atom. The van der Waals surface area contributed by atoms with Crippen molar-refractivity contribution in [2.45, 2.75) is 17.2 Å². The number of Topliss-reactive ketones (excluding diaryl/α,β-unsaturated/α-hetero) is 1. The van der Waals surface area contributed by atoms with Crippen LogP contribution in [0.4, 0.5) is 5.13 Å². The summed E-state index contributed by atoms with van der Waals surface area (Å²) in [7, 11) is 1.83. The van der Waals surface area contributed by atoms with Crippen LogP contribution in [0.1, 0.15) is 23.2 Å². The number of anilines is 1. The molecule has 0 amide bonds. The van der Waals surface area contributed by atoms with Crippen molar-refractivity contribution in [2.75, 3.05) is 18.1 Å². The van der Waals surface area contributed by atoms with E-state index in [-0.39, 0.29) is 5.78 Å². The number of aromatic nitrogens is 2. The highest BCUT2D eigenvalue weighted by molar-refractivity contribution is 9.10. The lowest BCUT2D eigenvalue weighted by Gasteiger charge is -2.00. The molecular weight excluding hydrogens is 358 g/mol. The van der Waals surface area contributed by atoms with Gasteiger partial charge in [-0.05, 0) is 18.6 Å². The Kier molecular flexibility index (Phi) is 6.00. The molecule has 0 unspecified atom stereocenters. The van der Waals surface area contributed by atoms with E-state index in [0.717, 1.165) is 31.7 Å². The summed E-state index contributed by atoms with van der Waals surface area (Å²) < 4.78 is 1.92. The van der Waals surface area contributed by atoms with E-state index >= 15 is 0 Å². The number of nitrogens with one attached hydrogen (secondary N) is 1. The van der Waals surface area contributed by atoms with Crippen LogP contribution in [0.25, 0.3) is 0 Å². The van der Waals surface area contributed by atoms with Gasteiger partial charge in [0.1, 0.15) is 0 Å². The Balaban J connectivity index is 1.72. The first-order valence-electron chi connectivity index (χ1n) is 6.12. The van der Waals surface area contributed by atoms with Crippen LogP contribution < -0.4 is 5.32 Å². The van der Waals surface area contributed by atoms with Gasteiger partial charge in [-0.1, -0.05) is 51.2 Å². The summed E-state index contributed by atoms with van der Waals surface area (Å²) in [6, 6.07) is 7.48. The van der Waals surface area contributed by atoms with Gasteiger partial charge < -0.3 is 5.32 Å². The second-order valence-electron chi connectivity index (χ2n) is 4.01. The van der Waals surface area contributed by atoms with E-state index in [4.69, 9.17) is 0 Å². The number of nitrogens with zero attached hydrogens (tertiary/aromatic N) is 2. The monoisotopic (exact) mass is 371 g/mol. The molecule has 0 saturated heterocycles. The number of carbonyl (C=O) groups is 1. The third-order valence-electron chi connectivity index (χ3n) is 2.56. The largest absolute Gasteiger partial charge is 0.363 e. The van der Waals surface area contributed by atoms with Gasteiger partial charge in [0.05, 0.1) is 0 Å². The Bertz CT molecular complexity index is 571. The van der Waals surface area contributed by atoms with Gasteiger partial charge in [0.15, 0.2) is 10.1 Å². The van der Waals surface area contributed by atoms with Crippen LogP contribution in [-0.2, 0) is 0 Å². The van der Waals surface area contributed by atoms with Gasteiger partial charge in [-0.15, -0.1) is 10.2 Å². The molecule has 1 N–H and O–H groups in total. The van der Waals surface area contributed by atoms with Crippen LogP contribution >= 0.6 is 39.0 Å². The molecule has 106 valence electrons. The van der Waals surface area contributed by atoms with Crippen LogP contribution in [0.3, 0.4) is 0 Å². The standard InChI is InChI=1S/C13H14BrN3OS2/c1-15-12-16-17-13(20-12)19-8-2-3-11(18)9-4-6-10(14)7-5-9/h4-7H,2-3,8H2,1H3,(H,15,16). The maximum Gasteiger partial charge on any atom is 0.206 e. The van der Waals surface area contributed by atoms with Crippen LogP contribution in [0.5, 0.6) is 0 Å². The number of benzene rings is 1. The van der Waals surface area contributed by atoms with Gasteiger partial charge in [-0.2, -0.15) is 0 Å². The molecule has 7 heteroatoms. The van der Waals surface area contributed by atoms with Crippen molar-refractivity contribution in [1.29, 1.82) is 0 Å². The zero-order valence-electron chi connectivity index (χ0n) is 10.9. The van der Waals surface area contributed by atoms with Crippen molar-refractivity contribution in [3.05, 3.63) is 34.3 Å². The normalized spacial score (nSPS) is 10.5. The molecular formula is C13H14BrN3OS2. The highest BCUT2D eigenvalue weighted by atomic mass is 79.9. The summed E-state index contributed by atoms with van der Waals surface area (Å²) >= 11 is 6.53. The lowest BCUT2D eigenvalue weighted by molar-refractivity contribution is 0.0982. The molecule has 0 aliphatic heterocycles. The minimum Gasteiger partial charge on any atom is -0.363 e. The second-order valence-corrected chi connectivity index (χ2v) is 7.24. The molecule has 0 aliphatic rings. The molecule has 20 heavy (non-hydrogen) atoms. The number of hydrogen-bond acceptors (Lipinski definition) is 6. The fourth-order valence-corrected chi connectivity index (χ4v) is 3.52. The number of rotatable bonds is 7. The summed E-state index contributed by atoms with van der Waals surface area (Å²) in [6.45, 7) is 0. The van der Waals surface area contributed by atoms with E-state index in [9.17, 15) is 4.79 Å². The Morgan fingerprint density at radius 1 is 1.35 bits per heavy atom. The summed E-state index contributed by atoms with van der Waals surface area (Å²) in [5.41, 5.74) is 0.770. The zero-order chi connectivity index (χ0) is 14.4. The van der Waals surface area contributed by atoms with E-state index in [1.165, 1.54) is 11.3 Å². The first-order chi connectivity index (χ1) is 9.69. The molecule has 1 aromatic carbocycles. The van der Waals surface area contributed by atoms with Crippen LogP contribution in [0, 0.1) is 0 Å². The molecule has 0 bridgehead atoms. The smallest absolute Gasteiger partial charge is 0.206 e. The van der Waals surface area contributed by atoms with Gasteiger partial charge in [0.25, 0.3) is 0 Å². The van der Waals surface area contributed by atoms with E-state index in [1.54, 1.807) is 11.8 Å². The number of thioether (sulfide) groups is 1. The van der Waals surface area contributed by atoms with E-state index in [1.807, 2.05) is 31.3 Å². The molecule has 1 heterocycles. The number of hydrogen-bond donors (Lipinski definition) is 1. The van der Waals surface area contributed by atoms with Crippen molar-refractivity contribution in [2.24, 2.45) is 0 Å². The minimum atomic E-state index is 0.186. The topological polar surface area (TPSA) is 54.9 Å². The maximum atomic E-state index is 12.0. The average molecular weight is 372 g/mol. The third-order valence-corrected chi connectivity index (χ3v) is 5.25. The molecule has 2 aromatic rings. The fraction of sp³-hybridized carbons (Fsp3) is 0.308. The van der Waals surface area contributed by atoms with Crippen molar-refractivity contribution in [3.63, 3.8) is 0 Å². The van der Waals surface area contributed by atoms with Gasteiger partial charge in [-0.3, -0.25) is 4.79 Å². The highest BCUT2D eigenvalue weighted by Gasteiger charge is 2.07. The number of halogens is 1. The van der Waals surface area contributed by atoms with Crippen molar-refractivity contribution < 1.29 is 4.79 Å². The van der Waals surface area contributed by atoms with Crippen LogP contribution in [-0.4, -0.2) is 28.8 Å². The van der Waals surface area contributed by atoms with Crippen molar-refractivity contribution in [1.82, 2.24) is 10.2 Å². The van der Waals surface area contributed by atoms with Gasteiger partial charge in [0, 0.05) is 29.3 Å². The highest BCUT2D eigenvalue weighted by Crippen LogP contribution is 2.26. The second kappa shape index (κ2) is 7.75. The maximum absolute atomic E-state index is 12.0. The quantitative estimate of drug-likeness (QED) is 0.451. The molecule has 0 atom stereocenters. The Hall–Kier alpha value is -0.920. The number of ketones is 1. The molecule has 0 fully saturated rings. The number of carbonyl (C=O) groups excluding carboxylic acids is 1. The molecule has 0 radical (unpaired) electrons. The Morgan fingerprint density at radius 2 is 2.10 bits per heavy atom. The minimum absolute atomic E-state index is 0.186. The van der Waals surface area contributed by atoms with Crippen LogP contribution in [0.15, 0.2) is 33.1 Å². The molecule has 0 aliphatic carbocycles. The first kappa shape index (κ1) is 15.5. The van der Waals surface area contributed by atoms with Gasteiger partial charge >= 0.3 is 0 Å². The summed E-state index contributed by atoms with van der Waals surface area (Å²) in [5.74, 6) is 1.06. The third kappa shape index (κ3) is 4.57.